The fraction of sp³-hybridized carbons (Fsp3) is 0.455. The van der Waals surface area contributed by atoms with Crippen LogP contribution in [-0.2, 0) is 6.54 Å². The summed E-state index contributed by atoms with van der Waals surface area (Å²) in [5.41, 5.74) is 2.97. The summed E-state index contributed by atoms with van der Waals surface area (Å²) in [6.07, 6.45) is 6.45. The SMILES string of the molecule is COc1ccc(OC)c(-c2ccc(O)c(CN3CCCCCCC3)c2)c1. The van der Waals surface area contributed by atoms with E-state index in [-0.39, 0.29) is 0 Å². The van der Waals surface area contributed by atoms with Gasteiger partial charge in [-0.2, -0.15) is 0 Å². The second-order valence-corrected chi connectivity index (χ2v) is 6.95. The van der Waals surface area contributed by atoms with Gasteiger partial charge in [0.25, 0.3) is 0 Å². The molecule has 0 saturated carbocycles. The zero-order valence-electron chi connectivity index (χ0n) is 15.8. The molecule has 26 heavy (non-hydrogen) atoms. The number of benzene rings is 2. The van der Waals surface area contributed by atoms with E-state index in [4.69, 9.17) is 9.47 Å². The summed E-state index contributed by atoms with van der Waals surface area (Å²) in [7, 11) is 3.34. The van der Waals surface area contributed by atoms with Gasteiger partial charge >= 0.3 is 0 Å². The number of rotatable bonds is 5. The summed E-state index contributed by atoms with van der Waals surface area (Å²) >= 11 is 0. The van der Waals surface area contributed by atoms with E-state index >= 15 is 0 Å². The molecule has 1 heterocycles. The Morgan fingerprint density at radius 2 is 1.62 bits per heavy atom. The molecule has 0 spiro atoms. The summed E-state index contributed by atoms with van der Waals surface area (Å²) in [4.78, 5) is 2.46. The minimum Gasteiger partial charge on any atom is -0.508 e. The van der Waals surface area contributed by atoms with Crippen LogP contribution in [0.15, 0.2) is 36.4 Å². The van der Waals surface area contributed by atoms with E-state index in [1.165, 1.54) is 32.1 Å². The smallest absolute Gasteiger partial charge is 0.126 e. The molecule has 140 valence electrons. The third kappa shape index (κ3) is 4.50. The Morgan fingerprint density at radius 1 is 0.885 bits per heavy atom. The third-order valence-electron chi connectivity index (χ3n) is 5.14. The molecule has 4 nitrogen and oxygen atoms in total. The fourth-order valence-electron chi connectivity index (χ4n) is 3.63. The van der Waals surface area contributed by atoms with Crippen molar-refractivity contribution in [3.63, 3.8) is 0 Å². The topological polar surface area (TPSA) is 41.9 Å². The van der Waals surface area contributed by atoms with Gasteiger partial charge in [0.15, 0.2) is 0 Å². The molecule has 1 aliphatic rings. The van der Waals surface area contributed by atoms with Crippen molar-refractivity contribution in [2.45, 2.75) is 38.6 Å². The number of hydrogen-bond donors (Lipinski definition) is 1. The zero-order chi connectivity index (χ0) is 18.4. The molecule has 0 atom stereocenters. The van der Waals surface area contributed by atoms with Crippen molar-refractivity contribution in [3.8, 4) is 28.4 Å². The van der Waals surface area contributed by atoms with Crippen molar-refractivity contribution in [2.24, 2.45) is 0 Å². The molecule has 2 aromatic carbocycles. The standard InChI is InChI=1S/C22H29NO3/c1-25-19-9-11-22(26-2)20(15-19)17-8-10-21(24)18(14-17)16-23-12-6-4-3-5-7-13-23/h8-11,14-15,24H,3-7,12-13,16H2,1-2H3. The first kappa shape index (κ1) is 18.6. The predicted molar refractivity (Wildman–Crippen MR) is 105 cm³/mol. The number of ether oxygens (including phenoxy) is 2. The lowest BCUT2D eigenvalue weighted by Gasteiger charge is -2.25. The lowest BCUT2D eigenvalue weighted by molar-refractivity contribution is 0.237. The van der Waals surface area contributed by atoms with Gasteiger partial charge in [0.1, 0.15) is 17.2 Å². The van der Waals surface area contributed by atoms with Crippen LogP contribution in [-0.4, -0.2) is 37.3 Å². The number of nitrogens with zero attached hydrogens (tertiary/aromatic N) is 1. The number of aromatic hydroxyl groups is 1. The Balaban J connectivity index is 1.87. The molecular weight excluding hydrogens is 326 g/mol. The molecule has 1 fully saturated rings. The maximum Gasteiger partial charge on any atom is 0.126 e. The lowest BCUT2D eigenvalue weighted by Crippen LogP contribution is -2.26. The van der Waals surface area contributed by atoms with E-state index in [1.807, 2.05) is 24.3 Å². The Morgan fingerprint density at radius 3 is 2.31 bits per heavy atom. The first-order valence-electron chi connectivity index (χ1n) is 9.48. The molecule has 1 N–H and O–H groups in total. The third-order valence-corrected chi connectivity index (χ3v) is 5.14. The van der Waals surface area contributed by atoms with Crippen LogP contribution < -0.4 is 9.47 Å². The second kappa shape index (κ2) is 8.95. The number of phenols is 1. The van der Waals surface area contributed by atoms with Gasteiger partial charge in [0.2, 0.25) is 0 Å². The summed E-state index contributed by atoms with van der Waals surface area (Å²) in [6.45, 7) is 2.99. The highest BCUT2D eigenvalue weighted by Gasteiger charge is 2.14. The van der Waals surface area contributed by atoms with E-state index < -0.39 is 0 Å². The monoisotopic (exact) mass is 355 g/mol. The van der Waals surface area contributed by atoms with Gasteiger partial charge < -0.3 is 14.6 Å². The summed E-state index contributed by atoms with van der Waals surface area (Å²) in [6, 6.07) is 11.6. The van der Waals surface area contributed by atoms with Crippen LogP contribution >= 0.6 is 0 Å². The molecule has 2 aromatic rings. The van der Waals surface area contributed by atoms with Crippen LogP contribution in [0.5, 0.6) is 17.2 Å². The quantitative estimate of drug-likeness (QED) is 0.833. The highest BCUT2D eigenvalue weighted by atomic mass is 16.5. The van der Waals surface area contributed by atoms with Crippen LogP contribution in [0.3, 0.4) is 0 Å². The molecule has 0 aromatic heterocycles. The second-order valence-electron chi connectivity index (χ2n) is 6.95. The average Bonchev–Trinajstić information content (AvgIpc) is 2.64. The molecule has 0 aliphatic carbocycles. The summed E-state index contributed by atoms with van der Waals surface area (Å²) in [5, 5.41) is 10.4. The normalized spacial score (nSPS) is 15.9. The van der Waals surface area contributed by atoms with Gasteiger partial charge in [-0.1, -0.05) is 25.3 Å². The van der Waals surface area contributed by atoms with Crippen molar-refractivity contribution in [1.82, 2.24) is 4.90 Å². The first-order chi connectivity index (χ1) is 12.7. The maximum absolute atomic E-state index is 10.4. The fourth-order valence-corrected chi connectivity index (χ4v) is 3.63. The summed E-state index contributed by atoms with van der Waals surface area (Å²) < 4.78 is 10.9. The Hall–Kier alpha value is -2.20. The number of hydrogen-bond acceptors (Lipinski definition) is 4. The minimum absolute atomic E-state index is 0.359. The largest absolute Gasteiger partial charge is 0.508 e. The Kier molecular flexibility index (Phi) is 6.40. The molecular formula is C22H29NO3. The maximum atomic E-state index is 10.4. The van der Waals surface area contributed by atoms with Crippen LogP contribution in [0.4, 0.5) is 0 Å². The van der Waals surface area contributed by atoms with E-state index in [0.29, 0.717) is 5.75 Å². The molecule has 1 aliphatic heterocycles. The highest BCUT2D eigenvalue weighted by molar-refractivity contribution is 5.73. The van der Waals surface area contributed by atoms with Crippen molar-refractivity contribution < 1.29 is 14.6 Å². The predicted octanol–water partition coefficient (Wildman–Crippen LogP) is 4.84. The zero-order valence-corrected chi connectivity index (χ0v) is 15.8. The van der Waals surface area contributed by atoms with Crippen LogP contribution in [0, 0.1) is 0 Å². The van der Waals surface area contributed by atoms with Crippen molar-refractivity contribution in [3.05, 3.63) is 42.0 Å². The van der Waals surface area contributed by atoms with Gasteiger partial charge in [-0.05, 0) is 61.8 Å². The molecule has 0 bridgehead atoms. The highest BCUT2D eigenvalue weighted by Crippen LogP contribution is 2.35. The van der Waals surface area contributed by atoms with Crippen LogP contribution in [0.1, 0.15) is 37.7 Å². The number of likely N-dealkylation sites (tertiary alicyclic amines) is 1. The molecule has 4 heteroatoms. The van der Waals surface area contributed by atoms with E-state index in [2.05, 4.69) is 11.0 Å². The van der Waals surface area contributed by atoms with E-state index in [1.54, 1.807) is 20.3 Å². The first-order valence-corrected chi connectivity index (χ1v) is 9.48. The van der Waals surface area contributed by atoms with Crippen molar-refractivity contribution in [1.29, 1.82) is 0 Å². The Bertz CT molecular complexity index is 721. The van der Waals surface area contributed by atoms with Gasteiger partial charge in [-0.15, -0.1) is 0 Å². The van der Waals surface area contributed by atoms with Crippen LogP contribution in [0.25, 0.3) is 11.1 Å². The molecule has 1 saturated heterocycles. The summed E-state index contributed by atoms with van der Waals surface area (Å²) in [5.74, 6) is 1.95. The van der Waals surface area contributed by atoms with E-state index in [0.717, 1.165) is 47.8 Å². The molecule has 0 amide bonds. The molecule has 0 radical (unpaired) electrons. The minimum atomic E-state index is 0.359. The van der Waals surface area contributed by atoms with Gasteiger partial charge in [0, 0.05) is 17.7 Å². The van der Waals surface area contributed by atoms with Gasteiger partial charge in [-0.25, -0.2) is 0 Å². The van der Waals surface area contributed by atoms with E-state index in [9.17, 15) is 5.11 Å². The molecule has 0 unspecified atom stereocenters. The number of phenolic OH excluding ortho intramolecular Hbond substituents is 1. The van der Waals surface area contributed by atoms with Crippen LogP contribution in [0.2, 0.25) is 0 Å². The Labute approximate surface area is 156 Å². The van der Waals surface area contributed by atoms with Crippen molar-refractivity contribution >= 4 is 0 Å². The van der Waals surface area contributed by atoms with Gasteiger partial charge in [-0.3, -0.25) is 4.90 Å². The molecule has 3 rings (SSSR count). The number of methoxy groups -OCH3 is 2. The van der Waals surface area contributed by atoms with Crippen molar-refractivity contribution in [2.75, 3.05) is 27.3 Å². The van der Waals surface area contributed by atoms with Gasteiger partial charge in [0.05, 0.1) is 14.2 Å². The average molecular weight is 355 g/mol. The lowest BCUT2D eigenvalue weighted by atomic mass is 10.0.